The van der Waals surface area contributed by atoms with Gasteiger partial charge in [0.1, 0.15) is 29.2 Å². The maximum Gasteiger partial charge on any atom is 0.237 e. The number of fused-ring (bicyclic) bond motifs is 2. The number of rotatable bonds is 5. The van der Waals surface area contributed by atoms with E-state index in [9.17, 15) is 4.79 Å². The molecule has 0 fully saturated rings. The van der Waals surface area contributed by atoms with Crippen molar-refractivity contribution in [3.05, 3.63) is 84.2 Å². The van der Waals surface area contributed by atoms with Crippen molar-refractivity contribution in [3.63, 3.8) is 0 Å². The van der Waals surface area contributed by atoms with Crippen LogP contribution in [0.1, 0.15) is 30.8 Å². The molecule has 0 bridgehead atoms. The number of hydrogen-bond acceptors (Lipinski definition) is 6. The second-order valence-electron chi connectivity index (χ2n) is 9.68. The third kappa shape index (κ3) is 3.59. The van der Waals surface area contributed by atoms with Gasteiger partial charge >= 0.3 is 0 Å². The number of anilines is 1. The Labute approximate surface area is 215 Å². The Hall–Kier alpha value is -4.46. The van der Waals surface area contributed by atoms with Crippen LogP contribution >= 0.6 is 0 Å². The molecule has 0 saturated carbocycles. The zero-order valence-electron chi connectivity index (χ0n) is 21.3. The summed E-state index contributed by atoms with van der Waals surface area (Å²) in [4.78, 5) is 38.1. The van der Waals surface area contributed by atoms with Gasteiger partial charge in [0.2, 0.25) is 5.91 Å². The number of likely N-dealkylation sites (N-methyl/N-ethyl adjacent to an activating group) is 1. The maximum absolute atomic E-state index is 13.5. The monoisotopic (exact) mass is 489 g/mol. The lowest BCUT2D eigenvalue weighted by Gasteiger charge is -2.23. The van der Waals surface area contributed by atoms with Gasteiger partial charge in [-0.05, 0) is 50.5 Å². The van der Waals surface area contributed by atoms with Gasteiger partial charge in [0.25, 0.3) is 0 Å². The van der Waals surface area contributed by atoms with Crippen LogP contribution in [0.2, 0.25) is 0 Å². The summed E-state index contributed by atoms with van der Waals surface area (Å²) in [5.41, 5.74) is 6.30. The van der Waals surface area contributed by atoms with Gasteiger partial charge in [-0.25, -0.2) is 24.9 Å². The van der Waals surface area contributed by atoms with E-state index in [1.165, 1.54) is 0 Å². The van der Waals surface area contributed by atoms with Gasteiger partial charge in [-0.15, -0.1) is 0 Å². The highest BCUT2D eigenvalue weighted by atomic mass is 16.2. The number of aryl methyl sites for hydroxylation is 2. The van der Waals surface area contributed by atoms with Crippen LogP contribution in [0.3, 0.4) is 0 Å². The third-order valence-corrected chi connectivity index (χ3v) is 7.29. The Morgan fingerprint density at radius 1 is 0.946 bits per heavy atom. The van der Waals surface area contributed by atoms with Crippen LogP contribution in [-0.2, 0) is 23.2 Å². The van der Waals surface area contributed by atoms with Crippen LogP contribution in [0.25, 0.3) is 33.8 Å². The molecular formula is C29H27N7O. The summed E-state index contributed by atoms with van der Waals surface area (Å²) >= 11 is 0. The average molecular weight is 490 g/mol. The van der Waals surface area contributed by atoms with Crippen LogP contribution in [0.5, 0.6) is 0 Å². The van der Waals surface area contributed by atoms with Gasteiger partial charge in [0.15, 0.2) is 5.65 Å². The minimum absolute atomic E-state index is 0.0910. The summed E-state index contributed by atoms with van der Waals surface area (Å²) in [6.07, 6.45) is 5.77. The fourth-order valence-electron chi connectivity index (χ4n) is 5.36. The Morgan fingerprint density at radius 2 is 1.70 bits per heavy atom. The van der Waals surface area contributed by atoms with Crippen molar-refractivity contribution in [2.75, 3.05) is 11.9 Å². The molecule has 0 spiro atoms. The predicted molar refractivity (Wildman–Crippen MR) is 143 cm³/mol. The molecule has 0 saturated heterocycles. The van der Waals surface area contributed by atoms with E-state index >= 15 is 0 Å². The fraction of sp³-hybridized carbons (Fsp3) is 0.241. The molecule has 0 N–H and O–H groups in total. The van der Waals surface area contributed by atoms with Crippen molar-refractivity contribution in [3.8, 4) is 22.6 Å². The van der Waals surface area contributed by atoms with Gasteiger partial charge in [-0.2, -0.15) is 0 Å². The first kappa shape index (κ1) is 23.0. The highest BCUT2D eigenvalue weighted by Crippen LogP contribution is 2.45. The molecule has 0 aliphatic carbocycles. The smallest absolute Gasteiger partial charge is 0.237 e. The van der Waals surface area contributed by atoms with E-state index in [4.69, 9.17) is 4.98 Å². The normalized spacial score (nSPS) is 17.0. The number of hydrogen-bond donors (Lipinski definition) is 0. The zero-order valence-corrected chi connectivity index (χ0v) is 21.3. The summed E-state index contributed by atoms with van der Waals surface area (Å²) < 4.78 is 2.05. The van der Waals surface area contributed by atoms with Crippen molar-refractivity contribution in [1.82, 2.24) is 29.5 Å². The van der Waals surface area contributed by atoms with E-state index in [-0.39, 0.29) is 5.91 Å². The lowest BCUT2D eigenvalue weighted by molar-refractivity contribution is -0.122. The van der Waals surface area contributed by atoms with Crippen LogP contribution < -0.4 is 4.90 Å². The molecule has 1 amide bonds. The first-order chi connectivity index (χ1) is 17.9. The van der Waals surface area contributed by atoms with E-state index in [0.29, 0.717) is 24.3 Å². The number of carbonyl (C=O) groups excluding carboxylic acids is 1. The molecule has 37 heavy (non-hydrogen) atoms. The van der Waals surface area contributed by atoms with Crippen molar-refractivity contribution in [1.29, 1.82) is 0 Å². The molecule has 8 heteroatoms. The Bertz CT molecular complexity index is 1640. The highest BCUT2D eigenvalue weighted by Gasteiger charge is 2.46. The summed E-state index contributed by atoms with van der Waals surface area (Å²) in [5, 5.41) is 0. The van der Waals surface area contributed by atoms with E-state index in [0.717, 1.165) is 45.1 Å². The number of benzene rings is 2. The van der Waals surface area contributed by atoms with E-state index in [2.05, 4.69) is 49.6 Å². The number of amides is 1. The number of carbonyl (C=O) groups is 1. The molecule has 8 nitrogen and oxygen atoms in total. The van der Waals surface area contributed by atoms with Crippen LogP contribution in [0, 0.1) is 6.92 Å². The lowest BCUT2D eigenvalue weighted by Crippen LogP contribution is -2.37. The van der Waals surface area contributed by atoms with Gasteiger partial charge in [0.05, 0.1) is 11.0 Å². The van der Waals surface area contributed by atoms with Gasteiger partial charge in [0, 0.05) is 37.2 Å². The van der Waals surface area contributed by atoms with Crippen LogP contribution in [0.4, 0.5) is 5.69 Å². The quantitative estimate of drug-likeness (QED) is 0.354. The molecule has 5 aromatic rings. The topological polar surface area (TPSA) is 89.7 Å². The fourth-order valence-corrected chi connectivity index (χ4v) is 5.36. The lowest BCUT2D eigenvalue weighted by atomic mass is 9.77. The molecule has 1 aliphatic rings. The van der Waals surface area contributed by atoms with Crippen molar-refractivity contribution >= 4 is 22.8 Å². The highest BCUT2D eigenvalue weighted by molar-refractivity contribution is 6.08. The largest absolute Gasteiger partial charge is 0.314 e. The van der Waals surface area contributed by atoms with Crippen LogP contribution in [-0.4, -0.2) is 42.4 Å². The third-order valence-electron chi connectivity index (χ3n) is 7.29. The van der Waals surface area contributed by atoms with Crippen molar-refractivity contribution in [2.45, 2.75) is 39.2 Å². The number of aromatic nitrogens is 6. The Kier molecular flexibility index (Phi) is 5.33. The van der Waals surface area contributed by atoms with Crippen LogP contribution in [0.15, 0.2) is 67.3 Å². The standard InChI is InChI=1S/C29H27N7O/c1-5-36-26(21-15-30-18(2)31-16-21)34-25-24(32-17-33-27(25)36)20-11-12-23-22(13-20)29(3,28(37)35(23)4)14-19-9-7-6-8-10-19/h6-13,15-17H,5,14H2,1-4H3. The molecule has 2 aromatic carbocycles. The molecule has 1 unspecified atom stereocenters. The Morgan fingerprint density at radius 3 is 2.43 bits per heavy atom. The molecular weight excluding hydrogens is 462 g/mol. The summed E-state index contributed by atoms with van der Waals surface area (Å²) in [5.74, 6) is 1.55. The van der Waals surface area contributed by atoms with Crippen molar-refractivity contribution in [2.24, 2.45) is 0 Å². The maximum atomic E-state index is 13.5. The molecule has 0 radical (unpaired) electrons. The molecule has 3 aromatic heterocycles. The van der Waals surface area contributed by atoms with E-state index in [1.807, 2.05) is 51.2 Å². The second kappa shape index (κ2) is 8.58. The first-order valence-electron chi connectivity index (χ1n) is 12.4. The zero-order chi connectivity index (χ0) is 25.7. The van der Waals surface area contributed by atoms with Gasteiger partial charge < -0.3 is 9.47 Å². The van der Waals surface area contributed by atoms with Gasteiger partial charge in [-0.3, -0.25) is 4.79 Å². The van der Waals surface area contributed by atoms with E-state index < -0.39 is 5.41 Å². The molecule has 4 heterocycles. The van der Waals surface area contributed by atoms with Crippen molar-refractivity contribution < 1.29 is 4.79 Å². The Balaban J connectivity index is 1.50. The molecule has 1 aliphatic heterocycles. The second-order valence-corrected chi connectivity index (χ2v) is 9.68. The first-order valence-corrected chi connectivity index (χ1v) is 12.4. The van der Waals surface area contributed by atoms with Gasteiger partial charge in [-0.1, -0.05) is 36.4 Å². The average Bonchev–Trinajstić information content (AvgIpc) is 3.39. The SMILES string of the molecule is CCn1c(-c2cnc(C)nc2)nc2c(-c3ccc4c(c3)C(C)(Cc3ccccc3)C(=O)N4C)ncnc21. The van der Waals surface area contributed by atoms with E-state index in [1.54, 1.807) is 23.6 Å². The number of imidazole rings is 1. The molecule has 1 atom stereocenters. The summed E-state index contributed by atoms with van der Waals surface area (Å²) in [7, 11) is 1.85. The molecule has 184 valence electrons. The summed E-state index contributed by atoms with van der Waals surface area (Å²) in [6, 6.07) is 16.3. The summed E-state index contributed by atoms with van der Waals surface area (Å²) in [6.45, 7) is 6.64. The predicted octanol–water partition coefficient (Wildman–Crippen LogP) is 4.76. The number of nitrogens with zero attached hydrogens (tertiary/aromatic N) is 7. The minimum Gasteiger partial charge on any atom is -0.314 e. The minimum atomic E-state index is -0.680. The molecule has 6 rings (SSSR count).